The zero-order valence-corrected chi connectivity index (χ0v) is 10.3. The summed E-state index contributed by atoms with van der Waals surface area (Å²) in [5, 5.41) is 5.91. The topological polar surface area (TPSA) is 35.2 Å². The van der Waals surface area contributed by atoms with E-state index in [2.05, 4.69) is 13.5 Å². The van der Waals surface area contributed by atoms with Crippen molar-refractivity contribution >= 4 is 19.0 Å². The predicted octanol–water partition coefficient (Wildman–Crippen LogP) is 0.504. The minimum absolute atomic E-state index is 0.802. The lowest BCUT2D eigenvalue weighted by atomic mass is 10.3. The molecular weight excluding hydrogens is 158 g/mol. The van der Waals surface area contributed by atoms with Gasteiger partial charge in [0.05, 0.1) is 0 Å². The van der Waals surface area contributed by atoms with Gasteiger partial charge in [0.2, 0.25) is 0 Å². The SMILES string of the molecule is CCCCC[Si](C)(N)O[SiH3]. The molecule has 10 heavy (non-hydrogen) atoms. The van der Waals surface area contributed by atoms with Gasteiger partial charge in [0, 0.05) is 0 Å². The van der Waals surface area contributed by atoms with E-state index in [0.29, 0.717) is 0 Å². The van der Waals surface area contributed by atoms with Crippen molar-refractivity contribution in [1.82, 2.24) is 0 Å². The third-order valence-corrected chi connectivity index (χ3v) is 6.82. The summed E-state index contributed by atoms with van der Waals surface area (Å²) in [5.74, 6) is 0. The summed E-state index contributed by atoms with van der Waals surface area (Å²) in [5.41, 5.74) is 0. The highest BCUT2D eigenvalue weighted by Crippen LogP contribution is 2.08. The van der Waals surface area contributed by atoms with Crippen LogP contribution >= 0.6 is 0 Å². The molecule has 1 atom stereocenters. The molecule has 2 N–H and O–H groups in total. The van der Waals surface area contributed by atoms with Crippen molar-refractivity contribution in [2.45, 2.75) is 38.8 Å². The summed E-state index contributed by atoms with van der Waals surface area (Å²) in [7, 11) is -0.850. The first-order valence-electron chi connectivity index (χ1n) is 3.96. The summed E-state index contributed by atoms with van der Waals surface area (Å²) >= 11 is 0. The number of hydrogen-bond acceptors (Lipinski definition) is 2. The molecule has 0 saturated heterocycles. The van der Waals surface area contributed by atoms with Gasteiger partial charge in [-0.25, -0.2) is 0 Å². The molecule has 0 aliphatic rings. The van der Waals surface area contributed by atoms with E-state index < -0.39 is 8.48 Å². The molecule has 0 heterocycles. The predicted molar refractivity (Wildman–Crippen MR) is 51.2 cm³/mol. The van der Waals surface area contributed by atoms with Crippen molar-refractivity contribution in [2.24, 2.45) is 5.40 Å². The molecule has 0 aromatic heterocycles. The van der Waals surface area contributed by atoms with Crippen molar-refractivity contribution in [1.29, 1.82) is 0 Å². The van der Waals surface area contributed by atoms with Crippen LogP contribution in [0.15, 0.2) is 0 Å². The fourth-order valence-electron chi connectivity index (χ4n) is 0.828. The highest BCUT2D eigenvalue weighted by Gasteiger charge is 2.19. The van der Waals surface area contributed by atoms with E-state index in [-0.39, 0.29) is 0 Å². The van der Waals surface area contributed by atoms with Gasteiger partial charge in [0.25, 0.3) is 8.48 Å². The highest BCUT2D eigenvalue weighted by atomic mass is 28.4. The first-order chi connectivity index (χ1) is 4.62. The first kappa shape index (κ1) is 10.4. The molecule has 0 rings (SSSR count). The molecule has 4 heteroatoms. The van der Waals surface area contributed by atoms with E-state index in [9.17, 15) is 0 Å². The number of rotatable bonds is 5. The van der Waals surface area contributed by atoms with E-state index >= 15 is 0 Å². The molecule has 0 fully saturated rings. The number of hydrogen-bond donors (Lipinski definition) is 1. The van der Waals surface area contributed by atoms with Gasteiger partial charge in [0.1, 0.15) is 10.5 Å². The lowest BCUT2D eigenvalue weighted by molar-refractivity contribution is 0.585. The third kappa shape index (κ3) is 5.16. The number of unbranched alkanes of at least 4 members (excludes halogenated alkanes) is 2. The van der Waals surface area contributed by atoms with Crippen LogP contribution in [0.1, 0.15) is 26.2 Å². The maximum absolute atomic E-state index is 5.91. The Kier molecular flexibility index (Phi) is 5.24. The van der Waals surface area contributed by atoms with Gasteiger partial charge in [-0.2, -0.15) is 0 Å². The van der Waals surface area contributed by atoms with Gasteiger partial charge < -0.3 is 9.51 Å². The molecule has 62 valence electrons. The largest absolute Gasteiger partial charge is 0.453 e. The van der Waals surface area contributed by atoms with E-state index in [4.69, 9.17) is 9.51 Å². The van der Waals surface area contributed by atoms with Crippen LogP contribution in [0.3, 0.4) is 0 Å². The summed E-state index contributed by atoms with van der Waals surface area (Å²) in [4.78, 5) is 0. The molecule has 0 aliphatic heterocycles. The van der Waals surface area contributed by atoms with Crippen molar-refractivity contribution in [2.75, 3.05) is 0 Å². The Morgan fingerprint density at radius 1 is 1.50 bits per heavy atom. The Balaban J connectivity index is 3.28. The summed E-state index contributed by atoms with van der Waals surface area (Å²) in [6, 6.07) is 1.13. The van der Waals surface area contributed by atoms with Gasteiger partial charge in [-0.3, -0.25) is 0 Å². The molecule has 0 bridgehead atoms. The Hall–Kier alpha value is 0.354. The maximum atomic E-state index is 5.91. The van der Waals surface area contributed by atoms with Crippen LogP contribution in [-0.2, 0) is 4.12 Å². The van der Waals surface area contributed by atoms with E-state index in [1.54, 1.807) is 0 Å². The highest BCUT2D eigenvalue weighted by molar-refractivity contribution is 6.71. The molecular formula is C6H19NOSi2. The van der Waals surface area contributed by atoms with Crippen molar-refractivity contribution in [3.05, 3.63) is 0 Å². The monoisotopic (exact) mass is 177 g/mol. The summed E-state index contributed by atoms with van der Waals surface area (Å²) in [6.45, 7) is 4.30. The van der Waals surface area contributed by atoms with Gasteiger partial charge in [-0.1, -0.05) is 26.2 Å². The summed E-state index contributed by atoms with van der Waals surface area (Å²) in [6.07, 6.45) is 3.81. The smallest absolute Gasteiger partial charge is 0.251 e. The van der Waals surface area contributed by atoms with Gasteiger partial charge in [-0.15, -0.1) is 0 Å². The lowest BCUT2D eigenvalue weighted by Gasteiger charge is -2.19. The van der Waals surface area contributed by atoms with Gasteiger partial charge in [0.15, 0.2) is 0 Å². The Labute approximate surface area is 67.9 Å². The van der Waals surface area contributed by atoms with E-state index in [1.165, 1.54) is 19.3 Å². The minimum atomic E-state index is -1.65. The molecule has 0 aliphatic carbocycles. The van der Waals surface area contributed by atoms with Crippen LogP contribution in [0.2, 0.25) is 12.6 Å². The van der Waals surface area contributed by atoms with Crippen LogP contribution in [0.4, 0.5) is 0 Å². The lowest BCUT2D eigenvalue weighted by Crippen LogP contribution is -2.44. The summed E-state index contributed by atoms with van der Waals surface area (Å²) < 4.78 is 5.34. The third-order valence-electron chi connectivity index (χ3n) is 1.74. The second-order valence-electron chi connectivity index (χ2n) is 2.97. The van der Waals surface area contributed by atoms with Crippen molar-refractivity contribution < 1.29 is 4.12 Å². The molecule has 0 saturated carbocycles. The number of nitrogens with two attached hydrogens (primary N) is 1. The Bertz CT molecular complexity index is 87.8. The molecule has 0 radical (unpaired) electrons. The Morgan fingerprint density at radius 2 is 2.10 bits per heavy atom. The van der Waals surface area contributed by atoms with Crippen LogP contribution in [0.5, 0.6) is 0 Å². The standard InChI is InChI=1S/C6H19NOSi2/c1-3-4-5-6-10(2,7)8-9/h3-7H2,1-2,9H3. The molecule has 0 aromatic carbocycles. The van der Waals surface area contributed by atoms with Gasteiger partial charge in [-0.05, 0) is 12.6 Å². The van der Waals surface area contributed by atoms with Crippen LogP contribution < -0.4 is 5.40 Å². The average Bonchev–Trinajstić information content (AvgIpc) is 1.89. The van der Waals surface area contributed by atoms with E-state index in [0.717, 1.165) is 16.5 Å². The molecule has 0 amide bonds. The molecule has 0 aromatic rings. The fourth-order valence-corrected chi connectivity index (χ4v) is 2.60. The van der Waals surface area contributed by atoms with Crippen molar-refractivity contribution in [3.63, 3.8) is 0 Å². The zero-order chi connectivity index (χ0) is 8.04. The molecule has 2 nitrogen and oxygen atoms in total. The van der Waals surface area contributed by atoms with Crippen LogP contribution in [0.25, 0.3) is 0 Å². The van der Waals surface area contributed by atoms with Crippen LogP contribution in [0, 0.1) is 0 Å². The van der Waals surface area contributed by atoms with Crippen molar-refractivity contribution in [3.8, 4) is 0 Å². The first-order valence-corrected chi connectivity index (χ1v) is 7.47. The Morgan fingerprint density at radius 3 is 2.50 bits per heavy atom. The second-order valence-corrected chi connectivity index (χ2v) is 7.73. The molecule has 0 spiro atoms. The molecule has 1 unspecified atom stereocenters. The fraction of sp³-hybridized carbons (Fsp3) is 1.00. The maximum Gasteiger partial charge on any atom is 0.251 e. The second kappa shape index (κ2) is 5.06. The normalized spacial score (nSPS) is 17.1. The average molecular weight is 177 g/mol. The quantitative estimate of drug-likeness (QED) is 0.490. The minimum Gasteiger partial charge on any atom is -0.453 e. The van der Waals surface area contributed by atoms with Gasteiger partial charge >= 0.3 is 0 Å². The van der Waals surface area contributed by atoms with E-state index in [1.807, 2.05) is 0 Å². The van der Waals surface area contributed by atoms with Crippen LogP contribution in [-0.4, -0.2) is 19.0 Å². The zero-order valence-electron chi connectivity index (χ0n) is 7.31.